The minimum Gasteiger partial charge on any atom is -0.461 e. The van der Waals surface area contributed by atoms with Crippen LogP contribution in [0.1, 0.15) is 46.0 Å². The molecule has 0 spiro atoms. The van der Waals surface area contributed by atoms with Crippen LogP contribution in [0.4, 0.5) is 0 Å². The van der Waals surface area contributed by atoms with Gasteiger partial charge in [-0.1, -0.05) is 19.9 Å². The van der Waals surface area contributed by atoms with Crippen LogP contribution in [0, 0.1) is 5.41 Å². The van der Waals surface area contributed by atoms with Gasteiger partial charge in [0.2, 0.25) is 0 Å². The molecule has 3 atom stereocenters. The molecule has 2 rings (SSSR count). The summed E-state index contributed by atoms with van der Waals surface area (Å²) >= 11 is 0. The summed E-state index contributed by atoms with van der Waals surface area (Å²) in [6, 6.07) is 0. The Bertz CT molecular complexity index is 323. The van der Waals surface area contributed by atoms with Crippen LogP contribution in [0.25, 0.3) is 0 Å². The molecule has 17 heavy (non-hydrogen) atoms. The molecule has 96 valence electrons. The second kappa shape index (κ2) is 4.81. The van der Waals surface area contributed by atoms with Crippen LogP contribution in [0.15, 0.2) is 12.2 Å². The fourth-order valence-corrected chi connectivity index (χ4v) is 2.85. The number of esters is 1. The van der Waals surface area contributed by atoms with Crippen molar-refractivity contribution in [2.24, 2.45) is 5.41 Å². The number of fused-ring (bicyclic) bond motifs is 1. The summed E-state index contributed by atoms with van der Waals surface area (Å²) in [4.78, 5) is 12.3. The minimum atomic E-state index is -0.290. The van der Waals surface area contributed by atoms with Crippen LogP contribution >= 0.6 is 0 Å². The highest BCUT2D eigenvalue weighted by atomic mass is 16.6. The third-order valence-corrected chi connectivity index (χ3v) is 3.80. The molecule has 1 aliphatic heterocycles. The zero-order valence-electron chi connectivity index (χ0n) is 10.8. The molecule has 3 nitrogen and oxygen atoms in total. The molecular weight excluding hydrogens is 216 g/mol. The van der Waals surface area contributed by atoms with Crippen LogP contribution in [0.5, 0.6) is 0 Å². The van der Waals surface area contributed by atoms with Crippen molar-refractivity contribution in [1.29, 1.82) is 0 Å². The van der Waals surface area contributed by atoms with Crippen molar-refractivity contribution in [3.63, 3.8) is 0 Å². The largest absolute Gasteiger partial charge is 0.461 e. The monoisotopic (exact) mass is 238 g/mol. The minimum absolute atomic E-state index is 0.0451. The molecule has 0 N–H and O–H groups in total. The Kier molecular flexibility index (Phi) is 3.57. The van der Waals surface area contributed by atoms with Crippen LogP contribution in [-0.2, 0) is 14.3 Å². The molecule has 0 aromatic carbocycles. The van der Waals surface area contributed by atoms with Gasteiger partial charge in [0.1, 0.15) is 6.61 Å². The number of epoxide rings is 1. The van der Waals surface area contributed by atoms with Crippen molar-refractivity contribution in [2.45, 2.75) is 58.2 Å². The predicted octanol–water partition coefficient (Wildman–Crippen LogP) is 2.84. The Labute approximate surface area is 103 Å². The Morgan fingerprint density at radius 3 is 2.88 bits per heavy atom. The van der Waals surface area contributed by atoms with Gasteiger partial charge in [0.15, 0.2) is 0 Å². The molecular formula is C14H22O3. The Morgan fingerprint density at radius 2 is 2.29 bits per heavy atom. The first-order valence-corrected chi connectivity index (χ1v) is 6.54. The van der Waals surface area contributed by atoms with E-state index in [0.717, 1.165) is 37.7 Å². The summed E-state index contributed by atoms with van der Waals surface area (Å²) in [7, 11) is 0. The smallest absolute Gasteiger partial charge is 0.312 e. The highest BCUT2D eigenvalue weighted by Crippen LogP contribution is 2.49. The highest BCUT2D eigenvalue weighted by Gasteiger charge is 2.54. The Hall–Kier alpha value is -0.830. The van der Waals surface area contributed by atoms with Crippen molar-refractivity contribution in [3.05, 3.63) is 12.2 Å². The number of hydrogen-bond donors (Lipinski definition) is 0. The van der Waals surface area contributed by atoms with Gasteiger partial charge in [-0.2, -0.15) is 0 Å². The summed E-state index contributed by atoms with van der Waals surface area (Å²) in [6.45, 7) is 8.10. The topological polar surface area (TPSA) is 38.8 Å². The standard InChI is InChI=1S/C14H22O3/c1-4-6-14(13(15)16-9-10(2)3)7-5-11-12(8-14)17-11/h11-12H,2,4-9H2,1,3H3. The fraction of sp³-hybridized carbons (Fsp3) is 0.786. The Balaban J connectivity index is 1.99. The quantitative estimate of drug-likeness (QED) is 0.420. The SMILES string of the molecule is C=C(C)COC(=O)C1(CCC)CCC2OC2C1. The highest BCUT2D eigenvalue weighted by molar-refractivity contribution is 5.77. The molecule has 0 radical (unpaired) electrons. The number of hydrogen-bond acceptors (Lipinski definition) is 3. The first-order valence-electron chi connectivity index (χ1n) is 6.54. The molecule has 1 saturated carbocycles. The average Bonchev–Trinajstić information content (AvgIpc) is 3.04. The normalized spacial score (nSPS) is 34.9. The molecule has 0 bridgehead atoms. The molecule has 0 amide bonds. The molecule has 2 aliphatic rings. The zero-order chi connectivity index (χ0) is 12.5. The molecule has 0 aromatic rings. The van der Waals surface area contributed by atoms with Gasteiger partial charge in [0.25, 0.3) is 0 Å². The van der Waals surface area contributed by atoms with Crippen molar-refractivity contribution < 1.29 is 14.3 Å². The number of rotatable bonds is 5. The number of carbonyl (C=O) groups is 1. The van der Waals surface area contributed by atoms with Crippen molar-refractivity contribution in [2.75, 3.05) is 6.61 Å². The molecule has 3 unspecified atom stereocenters. The first kappa shape index (κ1) is 12.6. The van der Waals surface area contributed by atoms with E-state index < -0.39 is 0 Å². The van der Waals surface area contributed by atoms with E-state index in [1.54, 1.807) is 0 Å². The third kappa shape index (κ3) is 2.71. The lowest BCUT2D eigenvalue weighted by Gasteiger charge is -2.33. The van der Waals surface area contributed by atoms with E-state index >= 15 is 0 Å². The van der Waals surface area contributed by atoms with Gasteiger partial charge in [-0.25, -0.2) is 0 Å². The molecule has 3 heteroatoms. The van der Waals surface area contributed by atoms with Crippen molar-refractivity contribution in [3.8, 4) is 0 Å². The summed E-state index contributed by atoms with van der Waals surface area (Å²) in [6.07, 6.45) is 5.43. The lowest BCUT2D eigenvalue weighted by atomic mass is 9.71. The van der Waals surface area contributed by atoms with E-state index in [0.29, 0.717) is 18.8 Å². The van der Waals surface area contributed by atoms with Gasteiger partial charge in [0, 0.05) is 0 Å². The van der Waals surface area contributed by atoms with Crippen LogP contribution < -0.4 is 0 Å². The average molecular weight is 238 g/mol. The molecule has 1 aliphatic carbocycles. The van der Waals surface area contributed by atoms with Crippen LogP contribution in [0.3, 0.4) is 0 Å². The van der Waals surface area contributed by atoms with E-state index in [9.17, 15) is 4.79 Å². The van der Waals surface area contributed by atoms with E-state index in [2.05, 4.69) is 13.5 Å². The zero-order valence-corrected chi connectivity index (χ0v) is 10.8. The maximum Gasteiger partial charge on any atom is 0.312 e. The molecule has 1 heterocycles. The van der Waals surface area contributed by atoms with Crippen LogP contribution in [-0.4, -0.2) is 24.8 Å². The lowest BCUT2D eigenvalue weighted by Crippen LogP contribution is -2.37. The fourth-order valence-electron chi connectivity index (χ4n) is 2.85. The van der Waals surface area contributed by atoms with Crippen LogP contribution in [0.2, 0.25) is 0 Å². The summed E-state index contributed by atoms with van der Waals surface area (Å²) < 4.78 is 10.9. The van der Waals surface area contributed by atoms with Gasteiger partial charge in [-0.15, -0.1) is 0 Å². The summed E-state index contributed by atoms with van der Waals surface area (Å²) in [5.41, 5.74) is 0.600. The third-order valence-electron chi connectivity index (χ3n) is 3.80. The van der Waals surface area contributed by atoms with Gasteiger partial charge >= 0.3 is 5.97 Å². The first-order chi connectivity index (χ1) is 8.07. The van der Waals surface area contributed by atoms with E-state index in [1.807, 2.05) is 6.92 Å². The van der Waals surface area contributed by atoms with Gasteiger partial charge in [-0.3, -0.25) is 4.79 Å². The van der Waals surface area contributed by atoms with E-state index in [4.69, 9.17) is 9.47 Å². The molecule has 1 saturated heterocycles. The van der Waals surface area contributed by atoms with Gasteiger partial charge in [0.05, 0.1) is 17.6 Å². The van der Waals surface area contributed by atoms with Gasteiger partial charge < -0.3 is 9.47 Å². The van der Waals surface area contributed by atoms with E-state index in [1.165, 1.54) is 0 Å². The number of carbonyl (C=O) groups excluding carboxylic acids is 1. The predicted molar refractivity (Wildman–Crippen MR) is 65.6 cm³/mol. The lowest BCUT2D eigenvalue weighted by molar-refractivity contribution is -0.157. The summed E-state index contributed by atoms with van der Waals surface area (Å²) in [5.74, 6) is -0.0451. The summed E-state index contributed by atoms with van der Waals surface area (Å²) in [5, 5.41) is 0. The van der Waals surface area contributed by atoms with E-state index in [-0.39, 0.29) is 11.4 Å². The van der Waals surface area contributed by atoms with Gasteiger partial charge in [-0.05, 0) is 38.2 Å². The maximum atomic E-state index is 12.3. The van der Waals surface area contributed by atoms with Crippen molar-refractivity contribution in [1.82, 2.24) is 0 Å². The molecule has 0 aromatic heterocycles. The van der Waals surface area contributed by atoms with Crippen molar-refractivity contribution >= 4 is 5.97 Å². The Morgan fingerprint density at radius 1 is 1.53 bits per heavy atom. The number of ether oxygens (including phenoxy) is 2. The second-order valence-electron chi connectivity index (χ2n) is 5.52. The molecule has 2 fully saturated rings. The second-order valence-corrected chi connectivity index (χ2v) is 5.52. The maximum absolute atomic E-state index is 12.3.